The maximum Gasteiger partial charge on any atom is 0.0853 e. The fourth-order valence-corrected chi connectivity index (χ4v) is 1.54. The minimum atomic E-state index is -0.000617. The smallest absolute Gasteiger partial charge is 0.0853 e. The second kappa shape index (κ2) is 6.45. The van der Waals surface area contributed by atoms with E-state index in [9.17, 15) is 0 Å². The minimum Gasteiger partial charge on any atom is -0.390 e. The van der Waals surface area contributed by atoms with E-state index < -0.39 is 0 Å². The molecule has 1 heterocycles. The molecule has 0 saturated carbocycles. The fourth-order valence-electron chi connectivity index (χ4n) is 1.54. The molecule has 4 nitrogen and oxygen atoms in total. The first-order chi connectivity index (χ1) is 7.63. The van der Waals surface area contributed by atoms with Crippen molar-refractivity contribution in [1.29, 1.82) is 0 Å². The summed E-state index contributed by atoms with van der Waals surface area (Å²) in [7, 11) is 6.22. The van der Waals surface area contributed by atoms with Gasteiger partial charge in [0.1, 0.15) is 0 Å². The molecular formula is C12H21N3O. The molecule has 90 valence electrons. The van der Waals surface area contributed by atoms with Gasteiger partial charge in [0.05, 0.1) is 12.3 Å². The third kappa shape index (κ3) is 4.16. The highest BCUT2D eigenvalue weighted by Crippen LogP contribution is 2.13. The Balaban J connectivity index is 2.48. The Morgan fingerprint density at radius 1 is 1.25 bits per heavy atom. The summed E-state index contributed by atoms with van der Waals surface area (Å²) in [6, 6.07) is 3.89. The van der Waals surface area contributed by atoms with Gasteiger partial charge in [-0.2, -0.15) is 0 Å². The number of hydrogen-bond donors (Lipinski definition) is 1. The van der Waals surface area contributed by atoms with Crippen molar-refractivity contribution in [1.82, 2.24) is 9.88 Å². The number of nitrogens with zero attached hydrogens (tertiary/aromatic N) is 3. The second-order valence-corrected chi connectivity index (χ2v) is 4.24. The average molecular weight is 223 g/mol. The molecule has 0 spiro atoms. The number of aliphatic hydroxyl groups is 1. The summed E-state index contributed by atoms with van der Waals surface area (Å²) in [5, 5.41) is 9.00. The zero-order valence-corrected chi connectivity index (χ0v) is 10.3. The number of rotatable bonds is 6. The lowest BCUT2D eigenvalue weighted by molar-refractivity contribution is 0.277. The summed E-state index contributed by atoms with van der Waals surface area (Å²) in [6.45, 7) is 2.09. The van der Waals surface area contributed by atoms with Crippen molar-refractivity contribution in [3.63, 3.8) is 0 Å². The Labute approximate surface area is 97.5 Å². The van der Waals surface area contributed by atoms with Crippen molar-refractivity contribution in [2.24, 2.45) is 0 Å². The standard InChI is InChI=1S/C12H21N3O/c1-14(2)7-4-8-15(3)12-5-6-13-11(9-12)10-16/h5-6,9,16H,4,7-8,10H2,1-3H3. The van der Waals surface area contributed by atoms with Crippen LogP contribution >= 0.6 is 0 Å². The van der Waals surface area contributed by atoms with Crippen LogP contribution in [0.25, 0.3) is 0 Å². The van der Waals surface area contributed by atoms with Crippen molar-refractivity contribution in [2.45, 2.75) is 13.0 Å². The highest BCUT2D eigenvalue weighted by atomic mass is 16.3. The van der Waals surface area contributed by atoms with E-state index in [1.807, 2.05) is 12.1 Å². The Morgan fingerprint density at radius 3 is 2.62 bits per heavy atom. The van der Waals surface area contributed by atoms with E-state index in [1.54, 1.807) is 6.20 Å². The zero-order chi connectivity index (χ0) is 12.0. The summed E-state index contributed by atoms with van der Waals surface area (Å²) >= 11 is 0. The molecule has 16 heavy (non-hydrogen) atoms. The van der Waals surface area contributed by atoms with Gasteiger partial charge in [0, 0.05) is 25.5 Å². The van der Waals surface area contributed by atoms with E-state index in [-0.39, 0.29) is 6.61 Å². The number of aromatic nitrogens is 1. The van der Waals surface area contributed by atoms with E-state index in [2.05, 4.69) is 35.9 Å². The molecule has 0 aliphatic rings. The van der Waals surface area contributed by atoms with Gasteiger partial charge in [-0.15, -0.1) is 0 Å². The highest BCUT2D eigenvalue weighted by Gasteiger charge is 2.02. The largest absolute Gasteiger partial charge is 0.390 e. The summed E-state index contributed by atoms with van der Waals surface area (Å²) in [6.07, 6.45) is 2.86. The van der Waals surface area contributed by atoms with Gasteiger partial charge in [-0.3, -0.25) is 4.98 Å². The number of anilines is 1. The summed E-state index contributed by atoms with van der Waals surface area (Å²) in [5.74, 6) is 0. The molecule has 1 aromatic heterocycles. The van der Waals surface area contributed by atoms with Crippen LogP contribution in [0.3, 0.4) is 0 Å². The van der Waals surface area contributed by atoms with Gasteiger partial charge in [-0.05, 0) is 39.2 Å². The molecule has 0 amide bonds. The third-order valence-electron chi connectivity index (χ3n) is 2.50. The molecule has 1 aromatic rings. The van der Waals surface area contributed by atoms with Crippen molar-refractivity contribution in [2.75, 3.05) is 39.1 Å². The monoisotopic (exact) mass is 223 g/mol. The second-order valence-electron chi connectivity index (χ2n) is 4.24. The van der Waals surface area contributed by atoms with Crippen LogP contribution in [-0.2, 0) is 6.61 Å². The predicted octanol–water partition coefficient (Wildman–Crippen LogP) is 0.962. The Bertz CT molecular complexity index is 315. The Morgan fingerprint density at radius 2 is 2.00 bits per heavy atom. The molecule has 0 radical (unpaired) electrons. The van der Waals surface area contributed by atoms with Crippen LogP contribution in [0, 0.1) is 0 Å². The van der Waals surface area contributed by atoms with E-state index in [1.165, 1.54) is 0 Å². The molecule has 0 saturated heterocycles. The van der Waals surface area contributed by atoms with Crippen LogP contribution < -0.4 is 4.90 Å². The van der Waals surface area contributed by atoms with Gasteiger partial charge >= 0.3 is 0 Å². The SMILES string of the molecule is CN(C)CCCN(C)c1ccnc(CO)c1. The van der Waals surface area contributed by atoms with Gasteiger partial charge in [0.15, 0.2) is 0 Å². The highest BCUT2D eigenvalue weighted by molar-refractivity contribution is 5.45. The van der Waals surface area contributed by atoms with Gasteiger partial charge in [0.2, 0.25) is 0 Å². The molecular weight excluding hydrogens is 202 g/mol. The van der Waals surface area contributed by atoms with Crippen LogP contribution in [0.5, 0.6) is 0 Å². The van der Waals surface area contributed by atoms with Crippen LogP contribution in [0.4, 0.5) is 5.69 Å². The lowest BCUT2D eigenvalue weighted by Crippen LogP contribution is -2.23. The van der Waals surface area contributed by atoms with Gasteiger partial charge < -0.3 is 14.9 Å². The molecule has 0 unspecified atom stereocenters. The molecule has 0 aliphatic carbocycles. The van der Waals surface area contributed by atoms with E-state index in [0.717, 1.165) is 30.9 Å². The molecule has 0 bridgehead atoms. The molecule has 4 heteroatoms. The van der Waals surface area contributed by atoms with Crippen LogP contribution in [0.15, 0.2) is 18.3 Å². The first kappa shape index (κ1) is 12.9. The van der Waals surface area contributed by atoms with E-state index >= 15 is 0 Å². The summed E-state index contributed by atoms with van der Waals surface area (Å²) in [4.78, 5) is 8.43. The van der Waals surface area contributed by atoms with Crippen LogP contribution in [-0.4, -0.2) is 49.2 Å². The van der Waals surface area contributed by atoms with Crippen molar-refractivity contribution < 1.29 is 5.11 Å². The maximum atomic E-state index is 9.00. The number of pyridine rings is 1. The Hall–Kier alpha value is -1.13. The van der Waals surface area contributed by atoms with Gasteiger partial charge in [0.25, 0.3) is 0 Å². The normalized spacial score (nSPS) is 10.8. The molecule has 0 atom stereocenters. The predicted molar refractivity (Wildman–Crippen MR) is 66.6 cm³/mol. The lowest BCUT2D eigenvalue weighted by atomic mass is 10.3. The summed E-state index contributed by atoms with van der Waals surface area (Å²) < 4.78 is 0. The van der Waals surface area contributed by atoms with Crippen molar-refractivity contribution >= 4 is 5.69 Å². The van der Waals surface area contributed by atoms with Crippen molar-refractivity contribution in [3.05, 3.63) is 24.0 Å². The van der Waals surface area contributed by atoms with Gasteiger partial charge in [-0.1, -0.05) is 0 Å². The number of hydrogen-bond acceptors (Lipinski definition) is 4. The topological polar surface area (TPSA) is 39.6 Å². The zero-order valence-electron chi connectivity index (χ0n) is 10.3. The average Bonchev–Trinajstić information content (AvgIpc) is 2.28. The van der Waals surface area contributed by atoms with Crippen LogP contribution in [0.1, 0.15) is 12.1 Å². The molecule has 0 aromatic carbocycles. The fraction of sp³-hybridized carbons (Fsp3) is 0.583. The number of aliphatic hydroxyl groups excluding tert-OH is 1. The Kier molecular flexibility index (Phi) is 5.22. The van der Waals surface area contributed by atoms with Crippen LogP contribution in [0.2, 0.25) is 0 Å². The van der Waals surface area contributed by atoms with E-state index in [4.69, 9.17) is 5.11 Å². The molecule has 0 fully saturated rings. The lowest BCUT2D eigenvalue weighted by Gasteiger charge is -2.20. The van der Waals surface area contributed by atoms with E-state index in [0.29, 0.717) is 0 Å². The van der Waals surface area contributed by atoms with Gasteiger partial charge in [-0.25, -0.2) is 0 Å². The summed E-state index contributed by atoms with van der Waals surface area (Å²) in [5.41, 5.74) is 1.83. The third-order valence-corrected chi connectivity index (χ3v) is 2.50. The molecule has 1 rings (SSSR count). The van der Waals surface area contributed by atoms with Crippen molar-refractivity contribution in [3.8, 4) is 0 Å². The first-order valence-corrected chi connectivity index (χ1v) is 5.55. The quantitative estimate of drug-likeness (QED) is 0.780. The maximum absolute atomic E-state index is 9.00. The first-order valence-electron chi connectivity index (χ1n) is 5.55. The minimum absolute atomic E-state index is 0.000617. The molecule has 0 aliphatic heterocycles. The molecule has 1 N–H and O–H groups in total.